The van der Waals surface area contributed by atoms with E-state index in [9.17, 15) is 18.9 Å². The van der Waals surface area contributed by atoms with Crippen LogP contribution in [0.25, 0.3) is 0 Å². The van der Waals surface area contributed by atoms with Crippen molar-refractivity contribution in [2.24, 2.45) is 39.9 Å². The number of ketones is 1. The summed E-state index contributed by atoms with van der Waals surface area (Å²) in [6.07, 6.45) is 10.2. The van der Waals surface area contributed by atoms with Crippen molar-refractivity contribution >= 4 is 22.6 Å². The van der Waals surface area contributed by atoms with Crippen LogP contribution in [0, 0.1) is 39.9 Å². The zero-order valence-corrected chi connectivity index (χ0v) is 17.8. The molecule has 5 rings (SSSR count). The summed E-state index contributed by atoms with van der Waals surface area (Å²) in [5, 5.41) is 10.00. The molecular formula is C22H34O4S. The highest BCUT2D eigenvalue weighted by molar-refractivity contribution is 7.84. The first-order valence-corrected chi connectivity index (χ1v) is 12.5. The summed E-state index contributed by atoms with van der Waals surface area (Å²) in [7, 11) is -0.844. The number of carbonyl (C=O) groups is 2. The van der Waals surface area contributed by atoms with Crippen LogP contribution in [0.15, 0.2) is 0 Å². The molecule has 5 aliphatic rings. The fraction of sp³-hybridized carbons (Fsp3) is 0.909. The molecule has 5 heteroatoms. The molecule has 0 saturated heterocycles. The number of hydrogen-bond donors (Lipinski definition) is 1. The van der Waals surface area contributed by atoms with Gasteiger partial charge in [0.25, 0.3) is 0 Å². The second-order valence-corrected chi connectivity index (χ2v) is 12.0. The van der Waals surface area contributed by atoms with Crippen LogP contribution < -0.4 is 0 Å². The first-order chi connectivity index (χ1) is 12.6. The van der Waals surface area contributed by atoms with Gasteiger partial charge in [-0.2, -0.15) is 0 Å². The van der Waals surface area contributed by atoms with E-state index in [2.05, 4.69) is 6.92 Å². The average Bonchev–Trinajstić information content (AvgIpc) is 2.61. The summed E-state index contributed by atoms with van der Waals surface area (Å²) in [4.78, 5) is 25.8. The van der Waals surface area contributed by atoms with E-state index in [-0.39, 0.29) is 22.7 Å². The Morgan fingerprint density at radius 1 is 1.15 bits per heavy atom. The minimum Gasteiger partial charge on any atom is -0.481 e. The number of rotatable bonds is 4. The van der Waals surface area contributed by atoms with Gasteiger partial charge in [0.05, 0.1) is 5.41 Å². The second-order valence-electron chi connectivity index (χ2n) is 10.5. The Kier molecular flexibility index (Phi) is 4.64. The summed E-state index contributed by atoms with van der Waals surface area (Å²) in [5.74, 6) is 1.46. The zero-order valence-electron chi connectivity index (χ0n) is 17.0. The van der Waals surface area contributed by atoms with E-state index in [0.717, 1.165) is 57.8 Å². The molecule has 5 fully saturated rings. The van der Waals surface area contributed by atoms with Crippen LogP contribution in [-0.4, -0.2) is 33.1 Å². The molecular weight excluding hydrogens is 360 g/mol. The molecule has 27 heavy (non-hydrogen) atoms. The monoisotopic (exact) mass is 394 g/mol. The molecule has 0 aromatic carbocycles. The van der Waals surface area contributed by atoms with E-state index >= 15 is 0 Å². The van der Waals surface area contributed by atoms with Crippen molar-refractivity contribution in [3.8, 4) is 0 Å². The molecule has 0 radical (unpaired) electrons. The highest BCUT2D eigenvalue weighted by Gasteiger charge is 2.68. The molecule has 2 bridgehead atoms. The van der Waals surface area contributed by atoms with Crippen molar-refractivity contribution in [1.82, 2.24) is 0 Å². The number of carboxylic acids is 1. The van der Waals surface area contributed by atoms with Gasteiger partial charge in [-0.15, -0.1) is 0 Å². The third-order valence-electron chi connectivity index (χ3n) is 9.42. The maximum atomic E-state index is 13.7. The Balaban J connectivity index is 1.67. The summed E-state index contributed by atoms with van der Waals surface area (Å²) in [5.41, 5.74) is -0.903. The lowest BCUT2D eigenvalue weighted by Gasteiger charge is -2.67. The highest BCUT2D eigenvalue weighted by atomic mass is 32.2. The molecule has 5 aliphatic carbocycles. The number of aliphatic carboxylic acids is 1. The number of Topliss-reactive ketones (excluding diaryl/α,β-unsaturated/α-hetero) is 1. The Morgan fingerprint density at radius 2 is 1.85 bits per heavy atom. The molecule has 0 amide bonds. The van der Waals surface area contributed by atoms with Crippen molar-refractivity contribution in [2.75, 3.05) is 12.0 Å². The quantitative estimate of drug-likeness (QED) is 0.781. The maximum absolute atomic E-state index is 13.7. The van der Waals surface area contributed by atoms with Gasteiger partial charge < -0.3 is 5.11 Å². The number of fused-ring (bicyclic) bond motifs is 3. The Hall–Kier alpha value is -0.710. The predicted octanol–water partition coefficient (Wildman–Crippen LogP) is 4.05. The Morgan fingerprint density at radius 3 is 2.52 bits per heavy atom. The van der Waals surface area contributed by atoms with Crippen LogP contribution in [0.5, 0.6) is 0 Å². The third kappa shape index (κ3) is 2.63. The molecule has 152 valence electrons. The van der Waals surface area contributed by atoms with Gasteiger partial charge in [-0.05, 0) is 81.5 Å². The van der Waals surface area contributed by atoms with Gasteiger partial charge in [0.15, 0.2) is 0 Å². The van der Waals surface area contributed by atoms with Gasteiger partial charge in [-0.25, -0.2) is 0 Å². The SMILES string of the molecule is CS(=O)CC[C@@H]1C(=O)[C@]23CC[C@@H]1C[C@H]2[C@]1(C)CCC[C@@](C)(C(=O)O)[C@H]1CC3. The summed E-state index contributed by atoms with van der Waals surface area (Å²) >= 11 is 0. The van der Waals surface area contributed by atoms with Gasteiger partial charge in [0, 0.05) is 34.1 Å². The molecule has 0 aromatic rings. The largest absolute Gasteiger partial charge is 0.481 e. The first kappa shape index (κ1) is 19.6. The summed E-state index contributed by atoms with van der Waals surface area (Å²) in [6.45, 7) is 4.27. The normalized spacial score (nSPS) is 50.0. The zero-order chi connectivity index (χ0) is 19.6. The molecule has 0 heterocycles. The smallest absolute Gasteiger partial charge is 0.309 e. The van der Waals surface area contributed by atoms with Crippen LogP contribution in [-0.2, 0) is 20.4 Å². The van der Waals surface area contributed by atoms with E-state index < -0.39 is 22.2 Å². The molecule has 0 aromatic heterocycles. The Bertz CT molecular complexity index is 690. The van der Waals surface area contributed by atoms with Crippen LogP contribution in [0.2, 0.25) is 0 Å². The minimum atomic E-state index is -0.844. The van der Waals surface area contributed by atoms with Crippen molar-refractivity contribution in [3.63, 3.8) is 0 Å². The number of hydrogen-bond acceptors (Lipinski definition) is 3. The van der Waals surface area contributed by atoms with Crippen LogP contribution in [0.4, 0.5) is 0 Å². The van der Waals surface area contributed by atoms with Crippen molar-refractivity contribution in [1.29, 1.82) is 0 Å². The molecule has 4 nitrogen and oxygen atoms in total. The lowest BCUT2D eigenvalue weighted by atomic mass is 9.36. The lowest BCUT2D eigenvalue weighted by molar-refractivity contribution is -0.203. The average molecular weight is 395 g/mol. The topological polar surface area (TPSA) is 71.4 Å². The van der Waals surface area contributed by atoms with Crippen LogP contribution >= 0.6 is 0 Å². The lowest BCUT2D eigenvalue weighted by Crippen LogP contribution is -2.65. The Labute approximate surface area is 165 Å². The molecule has 0 aliphatic heterocycles. The van der Waals surface area contributed by atoms with Gasteiger partial charge in [0.2, 0.25) is 0 Å². The minimum absolute atomic E-state index is 0.0312. The van der Waals surface area contributed by atoms with E-state index in [1.54, 1.807) is 6.26 Å². The van der Waals surface area contributed by atoms with E-state index in [0.29, 0.717) is 23.4 Å². The van der Waals surface area contributed by atoms with Crippen LogP contribution in [0.3, 0.4) is 0 Å². The molecule has 1 N–H and O–H groups in total. The fourth-order valence-electron chi connectivity index (χ4n) is 8.13. The van der Waals surface area contributed by atoms with Gasteiger partial charge >= 0.3 is 5.97 Å². The van der Waals surface area contributed by atoms with E-state index in [1.807, 2.05) is 6.92 Å². The van der Waals surface area contributed by atoms with Crippen molar-refractivity contribution in [2.45, 2.75) is 71.6 Å². The predicted molar refractivity (Wildman–Crippen MR) is 106 cm³/mol. The van der Waals surface area contributed by atoms with Crippen LogP contribution in [0.1, 0.15) is 71.6 Å². The second kappa shape index (κ2) is 6.40. The third-order valence-corrected chi connectivity index (χ3v) is 10.2. The van der Waals surface area contributed by atoms with E-state index in [1.165, 1.54) is 0 Å². The first-order valence-electron chi connectivity index (χ1n) is 10.7. The molecule has 8 atom stereocenters. The van der Waals surface area contributed by atoms with E-state index in [4.69, 9.17) is 0 Å². The molecule has 1 unspecified atom stereocenters. The van der Waals surface area contributed by atoms with Gasteiger partial charge in [-0.3, -0.25) is 13.8 Å². The standard InChI is InChI=1S/C22H34O4S/c1-20-8-4-9-21(2,19(24)25)16(20)6-11-22-10-5-14(13-17(20)22)15(18(22)23)7-12-27(3)26/h14-17H,4-13H2,1-3H3,(H,24,25)/t14-,15+,16+,17+,20-,21-,22+,27?/m1/s1. The highest BCUT2D eigenvalue weighted by Crippen LogP contribution is 2.71. The number of carboxylic acid groups (broad SMARTS) is 1. The van der Waals surface area contributed by atoms with Crippen molar-refractivity contribution in [3.05, 3.63) is 0 Å². The summed E-state index contributed by atoms with van der Waals surface area (Å²) < 4.78 is 11.6. The van der Waals surface area contributed by atoms with Gasteiger partial charge in [-0.1, -0.05) is 13.3 Å². The summed E-state index contributed by atoms with van der Waals surface area (Å²) in [6, 6.07) is 0. The fourth-order valence-corrected chi connectivity index (χ4v) is 8.71. The molecule has 1 spiro atoms. The van der Waals surface area contributed by atoms with Crippen molar-refractivity contribution < 1.29 is 18.9 Å². The molecule has 5 saturated carbocycles. The number of carbonyl (C=O) groups excluding carboxylic acids is 1. The maximum Gasteiger partial charge on any atom is 0.309 e. The van der Waals surface area contributed by atoms with Gasteiger partial charge in [0.1, 0.15) is 5.78 Å².